The van der Waals surface area contributed by atoms with E-state index in [-0.39, 0.29) is 0 Å². The van der Waals surface area contributed by atoms with E-state index >= 15 is 0 Å². The minimum absolute atomic E-state index is 0.358. The van der Waals surface area contributed by atoms with Gasteiger partial charge in [0.1, 0.15) is 22.8 Å². The first-order chi connectivity index (χ1) is 14.6. The van der Waals surface area contributed by atoms with Crippen LogP contribution in [0, 0.1) is 6.92 Å². The Morgan fingerprint density at radius 1 is 0.900 bits per heavy atom. The largest absolute Gasteiger partial charge is 0.494 e. The molecule has 150 valence electrons. The molecular formula is C24H19NO5. The molecule has 1 aliphatic heterocycles. The Hall–Kier alpha value is -3.93. The molecule has 1 aliphatic rings. The first kappa shape index (κ1) is 18.1. The second kappa shape index (κ2) is 6.84. The highest BCUT2D eigenvalue weighted by Gasteiger charge is 2.35. The summed E-state index contributed by atoms with van der Waals surface area (Å²) in [4.78, 5) is 14.8. The number of esters is 1. The first-order valence-corrected chi connectivity index (χ1v) is 9.48. The number of para-hydroxylation sites is 2. The summed E-state index contributed by atoms with van der Waals surface area (Å²) in [5.74, 6) is 1.46. The Balaban J connectivity index is 1.91. The molecule has 6 heteroatoms. The number of hydrogen-bond donors (Lipinski definition) is 0. The average molecular weight is 401 g/mol. The highest BCUT2D eigenvalue weighted by Crippen LogP contribution is 2.54. The van der Waals surface area contributed by atoms with E-state index in [1.165, 1.54) is 0 Å². The Bertz CT molecular complexity index is 1260. The molecule has 1 aromatic heterocycles. The molecule has 0 bridgehead atoms. The third kappa shape index (κ3) is 2.61. The molecule has 0 saturated heterocycles. The van der Waals surface area contributed by atoms with Gasteiger partial charge in [-0.05, 0) is 48.9 Å². The Kier molecular flexibility index (Phi) is 4.13. The molecule has 30 heavy (non-hydrogen) atoms. The lowest BCUT2D eigenvalue weighted by Gasteiger charge is -2.26. The Labute approximate surface area is 173 Å². The second-order valence-corrected chi connectivity index (χ2v) is 6.99. The number of benzene rings is 3. The quantitative estimate of drug-likeness (QED) is 0.407. The van der Waals surface area contributed by atoms with E-state index < -0.39 is 5.97 Å². The number of carbonyl (C=O) groups is 1. The zero-order valence-corrected chi connectivity index (χ0v) is 16.8. The monoisotopic (exact) mass is 401 g/mol. The number of carbonyl (C=O) groups excluding carboxylic acids is 1. The summed E-state index contributed by atoms with van der Waals surface area (Å²) >= 11 is 0. The number of aryl methyl sites for hydroxylation is 1. The van der Waals surface area contributed by atoms with E-state index in [0.29, 0.717) is 51.0 Å². The van der Waals surface area contributed by atoms with Gasteiger partial charge in [-0.3, -0.25) is 4.90 Å². The third-order valence-corrected chi connectivity index (χ3v) is 5.14. The lowest BCUT2D eigenvalue weighted by atomic mass is 10.1. The number of rotatable bonds is 3. The molecule has 0 fully saturated rings. The van der Waals surface area contributed by atoms with Crippen LogP contribution in [0.2, 0.25) is 0 Å². The topological polar surface area (TPSA) is 61.1 Å². The zero-order chi connectivity index (χ0) is 20.8. The summed E-state index contributed by atoms with van der Waals surface area (Å²) in [5, 5.41) is 0.712. The van der Waals surface area contributed by atoms with Crippen LogP contribution in [0.3, 0.4) is 0 Å². The van der Waals surface area contributed by atoms with Crippen molar-refractivity contribution in [2.75, 3.05) is 19.1 Å². The summed E-state index contributed by atoms with van der Waals surface area (Å²) in [5.41, 5.74) is 3.24. The Morgan fingerprint density at radius 3 is 2.30 bits per heavy atom. The van der Waals surface area contributed by atoms with Gasteiger partial charge in [0, 0.05) is 0 Å². The van der Waals surface area contributed by atoms with E-state index in [4.69, 9.17) is 18.6 Å². The molecule has 0 radical (unpaired) electrons. The number of methoxy groups -OCH3 is 2. The van der Waals surface area contributed by atoms with Crippen molar-refractivity contribution in [1.82, 2.24) is 0 Å². The third-order valence-electron chi connectivity index (χ3n) is 5.14. The molecule has 4 aromatic rings. The first-order valence-electron chi connectivity index (χ1n) is 9.48. The van der Waals surface area contributed by atoms with Crippen LogP contribution in [0.25, 0.3) is 11.0 Å². The van der Waals surface area contributed by atoms with Crippen molar-refractivity contribution in [2.24, 2.45) is 0 Å². The van der Waals surface area contributed by atoms with Crippen molar-refractivity contribution in [3.05, 3.63) is 71.8 Å². The molecule has 0 atom stereocenters. The highest BCUT2D eigenvalue weighted by atomic mass is 16.5. The van der Waals surface area contributed by atoms with E-state index in [9.17, 15) is 4.79 Å². The number of fused-ring (bicyclic) bond motifs is 4. The average Bonchev–Trinajstić information content (AvgIpc) is 3.07. The maximum absolute atomic E-state index is 13.0. The van der Waals surface area contributed by atoms with E-state index in [0.717, 1.165) is 5.56 Å². The van der Waals surface area contributed by atoms with Gasteiger partial charge < -0.3 is 18.6 Å². The fraction of sp³-hybridized carbons (Fsp3) is 0.125. The molecule has 0 amide bonds. The maximum atomic E-state index is 13.0. The number of furan rings is 1. The summed E-state index contributed by atoms with van der Waals surface area (Å²) in [7, 11) is 3.20. The molecular weight excluding hydrogens is 382 g/mol. The maximum Gasteiger partial charge on any atom is 0.345 e. The molecule has 0 spiro atoms. The van der Waals surface area contributed by atoms with Crippen LogP contribution in [0.4, 0.5) is 17.3 Å². The Morgan fingerprint density at radius 2 is 1.57 bits per heavy atom. The van der Waals surface area contributed by atoms with E-state index in [1.54, 1.807) is 26.4 Å². The highest BCUT2D eigenvalue weighted by molar-refractivity contribution is 6.07. The number of ether oxygens (including phenoxy) is 3. The minimum Gasteiger partial charge on any atom is -0.494 e. The van der Waals surface area contributed by atoms with Crippen LogP contribution >= 0.6 is 0 Å². The SMILES string of the molecule is COc1cc(C)cc(OC)c1N1c2ccccc2C(=O)Oc2c1oc1ccccc21. The molecule has 3 aromatic carbocycles. The number of nitrogens with zero attached hydrogens (tertiary/aromatic N) is 1. The standard InChI is InChI=1S/C24H19NO5/c1-14-12-19(27-2)21(20(13-14)28-3)25-17-10-6-4-8-15(17)24(26)30-22-16-9-5-7-11-18(16)29-23(22)25/h4-13H,1-3H3. The fourth-order valence-corrected chi connectivity index (χ4v) is 3.82. The fourth-order valence-electron chi connectivity index (χ4n) is 3.82. The van der Waals surface area contributed by atoms with Gasteiger partial charge in [-0.15, -0.1) is 0 Å². The van der Waals surface area contributed by atoms with Crippen LogP contribution in [0.1, 0.15) is 15.9 Å². The lowest BCUT2D eigenvalue weighted by molar-refractivity contribution is 0.0740. The van der Waals surface area contributed by atoms with Crippen LogP contribution in [0.5, 0.6) is 17.2 Å². The molecule has 6 nitrogen and oxygen atoms in total. The van der Waals surface area contributed by atoms with Gasteiger partial charge in [0.25, 0.3) is 0 Å². The predicted molar refractivity (Wildman–Crippen MR) is 114 cm³/mol. The van der Waals surface area contributed by atoms with Crippen LogP contribution in [-0.2, 0) is 0 Å². The number of hydrogen-bond acceptors (Lipinski definition) is 6. The van der Waals surface area contributed by atoms with Crippen LogP contribution < -0.4 is 19.1 Å². The predicted octanol–water partition coefficient (Wildman–Crippen LogP) is 5.76. The molecule has 0 aliphatic carbocycles. The number of anilines is 3. The second-order valence-electron chi connectivity index (χ2n) is 6.99. The molecule has 0 unspecified atom stereocenters. The van der Waals surface area contributed by atoms with Gasteiger partial charge >= 0.3 is 5.97 Å². The molecule has 0 saturated carbocycles. The van der Waals surface area contributed by atoms with Crippen LogP contribution in [0.15, 0.2) is 65.1 Å². The molecule has 2 heterocycles. The summed E-state index contributed by atoms with van der Waals surface area (Å²) in [6, 6.07) is 18.5. The van der Waals surface area contributed by atoms with E-state index in [1.807, 2.05) is 60.4 Å². The van der Waals surface area contributed by atoms with Crippen molar-refractivity contribution in [3.8, 4) is 17.2 Å². The van der Waals surface area contributed by atoms with Gasteiger partial charge in [0.15, 0.2) is 0 Å². The van der Waals surface area contributed by atoms with E-state index in [2.05, 4.69) is 0 Å². The molecule has 0 N–H and O–H groups in total. The zero-order valence-electron chi connectivity index (χ0n) is 16.8. The van der Waals surface area contributed by atoms with Gasteiger partial charge in [0.2, 0.25) is 11.6 Å². The minimum atomic E-state index is -0.453. The van der Waals surface area contributed by atoms with Gasteiger partial charge in [-0.1, -0.05) is 24.3 Å². The van der Waals surface area contributed by atoms with Crippen molar-refractivity contribution < 1.29 is 23.4 Å². The van der Waals surface area contributed by atoms with Crippen LogP contribution in [-0.4, -0.2) is 20.2 Å². The van der Waals surface area contributed by atoms with Crippen molar-refractivity contribution in [3.63, 3.8) is 0 Å². The summed E-state index contributed by atoms with van der Waals surface area (Å²) < 4.78 is 23.4. The van der Waals surface area contributed by atoms with Gasteiger partial charge in [-0.25, -0.2) is 4.79 Å². The normalized spacial score (nSPS) is 12.8. The smallest absolute Gasteiger partial charge is 0.345 e. The van der Waals surface area contributed by atoms with Gasteiger partial charge in [0.05, 0.1) is 30.9 Å². The van der Waals surface area contributed by atoms with Crippen molar-refractivity contribution in [1.29, 1.82) is 0 Å². The van der Waals surface area contributed by atoms with Crippen molar-refractivity contribution >= 4 is 34.2 Å². The summed E-state index contributed by atoms with van der Waals surface area (Å²) in [6.45, 7) is 1.96. The summed E-state index contributed by atoms with van der Waals surface area (Å²) in [6.07, 6.45) is 0. The molecule has 5 rings (SSSR count). The van der Waals surface area contributed by atoms with Crippen molar-refractivity contribution in [2.45, 2.75) is 6.92 Å². The van der Waals surface area contributed by atoms with Gasteiger partial charge in [-0.2, -0.15) is 0 Å². The lowest BCUT2D eigenvalue weighted by Crippen LogP contribution is -2.14.